The summed E-state index contributed by atoms with van der Waals surface area (Å²) in [4.78, 5) is 27.4. The van der Waals surface area contributed by atoms with E-state index in [2.05, 4.69) is 39.3 Å². The largest absolute Gasteiger partial charge is 0.354 e. The number of nitrogens with one attached hydrogen (secondary N) is 1. The Bertz CT molecular complexity index is 944. The molecule has 2 aromatic heterocycles. The summed E-state index contributed by atoms with van der Waals surface area (Å²) in [6.07, 6.45) is 1.50. The van der Waals surface area contributed by atoms with Gasteiger partial charge in [-0.2, -0.15) is 4.98 Å². The van der Waals surface area contributed by atoms with Crippen molar-refractivity contribution in [2.24, 2.45) is 0 Å². The predicted octanol–water partition coefficient (Wildman–Crippen LogP) is 3.81. The Kier molecular flexibility index (Phi) is 5.43. The SMILES string of the molecule is Cc1cc(C)c(NC(=O)CSc2ncnc3nc(N(C)C)sc23)c(C)c1. The smallest absolute Gasteiger partial charge is 0.234 e. The number of thiazole rings is 1. The average Bonchev–Trinajstić information content (AvgIpc) is 3.01. The van der Waals surface area contributed by atoms with Crippen LogP contribution in [0.2, 0.25) is 0 Å². The van der Waals surface area contributed by atoms with Crippen LogP contribution in [0, 0.1) is 20.8 Å². The van der Waals surface area contributed by atoms with Gasteiger partial charge in [-0.1, -0.05) is 40.8 Å². The summed E-state index contributed by atoms with van der Waals surface area (Å²) in [6.45, 7) is 6.08. The standard InChI is InChI=1S/C18H21N5OS2/c1-10-6-11(2)14(12(3)7-10)21-13(24)8-25-17-15-16(19-9-20-17)22-18(26-15)23(4)5/h6-7,9H,8H2,1-5H3,(H,21,24). The quantitative estimate of drug-likeness (QED) is 0.530. The number of aryl methyl sites for hydroxylation is 3. The van der Waals surface area contributed by atoms with Gasteiger partial charge in [0.2, 0.25) is 5.91 Å². The molecule has 3 aromatic rings. The first-order valence-electron chi connectivity index (χ1n) is 8.14. The van der Waals surface area contributed by atoms with Crippen LogP contribution in [-0.4, -0.2) is 40.7 Å². The fourth-order valence-electron chi connectivity index (χ4n) is 2.70. The summed E-state index contributed by atoms with van der Waals surface area (Å²) >= 11 is 2.94. The van der Waals surface area contributed by atoms with Gasteiger partial charge in [0.1, 0.15) is 16.1 Å². The van der Waals surface area contributed by atoms with Gasteiger partial charge in [0.15, 0.2) is 10.8 Å². The Morgan fingerprint density at radius 2 is 1.88 bits per heavy atom. The lowest BCUT2D eigenvalue weighted by molar-refractivity contribution is -0.113. The molecule has 0 bridgehead atoms. The van der Waals surface area contributed by atoms with E-state index in [9.17, 15) is 4.79 Å². The van der Waals surface area contributed by atoms with Crippen LogP contribution in [0.5, 0.6) is 0 Å². The second kappa shape index (κ2) is 7.59. The van der Waals surface area contributed by atoms with E-state index in [0.29, 0.717) is 5.65 Å². The molecule has 26 heavy (non-hydrogen) atoms. The number of thioether (sulfide) groups is 1. The van der Waals surface area contributed by atoms with Crippen molar-refractivity contribution < 1.29 is 4.79 Å². The van der Waals surface area contributed by atoms with Gasteiger partial charge in [0, 0.05) is 19.8 Å². The van der Waals surface area contributed by atoms with Crippen LogP contribution < -0.4 is 10.2 Å². The van der Waals surface area contributed by atoms with Crippen LogP contribution >= 0.6 is 23.1 Å². The summed E-state index contributed by atoms with van der Waals surface area (Å²) in [5.74, 6) is 0.239. The van der Waals surface area contributed by atoms with Crippen molar-refractivity contribution in [2.75, 3.05) is 30.1 Å². The molecule has 0 fully saturated rings. The fraction of sp³-hybridized carbons (Fsp3) is 0.333. The summed E-state index contributed by atoms with van der Waals surface area (Å²) in [5, 5.41) is 4.68. The maximum atomic E-state index is 12.4. The molecule has 0 saturated carbocycles. The lowest BCUT2D eigenvalue weighted by Crippen LogP contribution is -2.16. The molecule has 0 atom stereocenters. The minimum Gasteiger partial charge on any atom is -0.354 e. The number of amides is 1. The van der Waals surface area contributed by atoms with Gasteiger partial charge in [0.25, 0.3) is 0 Å². The Labute approximate surface area is 161 Å². The molecule has 0 aliphatic heterocycles. The number of benzene rings is 1. The van der Waals surface area contributed by atoms with Gasteiger partial charge < -0.3 is 10.2 Å². The van der Waals surface area contributed by atoms with E-state index in [4.69, 9.17) is 0 Å². The third-order valence-electron chi connectivity index (χ3n) is 3.81. The molecule has 0 radical (unpaired) electrons. The molecule has 6 nitrogen and oxygen atoms in total. The summed E-state index contributed by atoms with van der Waals surface area (Å²) in [5.41, 5.74) is 4.90. The number of fused-ring (bicyclic) bond motifs is 1. The summed E-state index contributed by atoms with van der Waals surface area (Å²) < 4.78 is 0.914. The first kappa shape index (κ1) is 18.6. The van der Waals surface area contributed by atoms with Crippen molar-refractivity contribution in [3.05, 3.63) is 35.2 Å². The van der Waals surface area contributed by atoms with Crippen molar-refractivity contribution in [3.8, 4) is 0 Å². The number of carbonyl (C=O) groups is 1. The molecule has 1 amide bonds. The lowest BCUT2D eigenvalue weighted by Gasteiger charge is -2.12. The molecule has 1 N–H and O–H groups in total. The molecule has 0 aliphatic rings. The van der Waals surface area contributed by atoms with Crippen LogP contribution in [0.1, 0.15) is 16.7 Å². The lowest BCUT2D eigenvalue weighted by atomic mass is 10.1. The molecule has 0 spiro atoms. The molecule has 2 heterocycles. The zero-order valence-electron chi connectivity index (χ0n) is 15.5. The number of anilines is 2. The normalized spacial score (nSPS) is 11.0. The summed E-state index contributed by atoms with van der Waals surface area (Å²) in [7, 11) is 3.88. The van der Waals surface area contributed by atoms with Crippen molar-refractivity contribution in [2.45, 2.75) is 25.8 Å². The molecule has 8 heteroatoms. The van der Waals surface area contributed by atoms with Crippen molar-refractivity contribution >= 4 is 50.2 Å². The van der Waals surface area contributed by atoms with Crippen molar-refractivity contribution in [1.29, 1.82) is 0 Å². The van der Waals surface area contributed by atoms with Crippen LogP contribution in [0.3, 0.4) is 0 Å². The first-order chi connectivity index (χ1) is 12.3. The Morgan fingerprint density at radius 1 is 1.19 bits per heavy atom. The van der Waals surface area contributed by atoms with Gasteiger partial charge in [-0.15, -0.1) is 0 Å². The van der Waals surface area contributed by atoms with Gasteiger partial charge in [-0.25, -0.2) is 9.97 Å². The molecular formula is C18H21N5OS2. The Morgan fingerprint density at radius 3 is 2.54 bits per heavy atom. The molecular weight excluding hydrogens is 366 g/mol. The van der Waals surface area contributed by atoms with E-state index < -0.39 is 0 Å². The Hall–Kier alpha value is -2.19. The zero-order valence-corrected chi connectivity index (χ0v) is 17.1. The minimum atomic E-state index is -0.0471. The molecule has 3 rings (SSSR count). The van der Waals surface area contributed by atoms with Crippen molar-refractivity contribution in [1.82, 2.24) is 15.0 Å². The van der Waals surface area contributed by atoms with Crippen LogP contribution in [-0.2, 0) is 4.79 Å². The maximum absolute atomic E-state index is 12.4. The third kappa shape index (κ3) is 3.96. The van der Waals surface area contributed by atoms with E-state index in [-0.39, 0.29) is 11.7 Å². The second-order valence-electron chi connectivity index (χ2n) is 6.33. The monoisotopic (exact) mass is 387 g/mol. The van der Waals surface area contributed by atoms with Gasteiger partial charge in [0.05, 0.1) is 5.75 Å². The van der Waals surface area contributed by atoms with Gasteiger partial charge in [-0.3, -0.25) is 4.79 Å². The van der Waals surface area contributed by atoms with Crippen LogP contribution in [0.25, 0.3) is 10.3 Å². The highest BCUT2D eigenvalue weighted by Gasteiger charge is 2.14. The highest BCUT2D eigenvalue weighted by atomic mass is 32.2. The zero-order chi connectivity index (χ0) is 18.8. The third-order valence-corrected chi connectivity index (χ3v) is 6.15. The maximum Gasteiger partial charge on any atom is 0.234 e. The highest BCUT2D eigenvalue weighted by molar-refractivity contribution is 8.00. The van der Waals surface area contributed by atoms with E-state index >= 15 is 0 Å². The summed E-state index contributed by atoms with van der Waals surface area (Å²) in [6, 6.07) is 4.15. The average molecular weight is 388 g/mol. The number of hydrogen-bond acceptors (Lipinski definition) is 7. The van der Waals surface area contributed by atoms with E-state index in [1.54, 1.807) is 0 Å². The molecule has 0 unspecified atom stereocenters. The second-order valence-corrected chi connectivity index (χ2v) is 8.27. The van der Waals surface area contributed by atoms with E-state index in [0.717, 1.165) is 31.7 Å². The van der Waals surface area contributed by atoms with Crippen LogP contribution in [0.15, 0.2) is 23.5 Å². The number of carbonyl (C=O) groups excluding carboxylic acids is 1. The van der Waals surface area contributed by atoms with E-state index in [1.165, 1.54) is 35.0 Å². The molecule has 0 saturated heterocycles. The fourth-order valence-corrected chi connectivity index (χ4v) is 4.52. The highest BCUT2D eigenvalue weighted by Crippen LogP contribution is 2.33. The van der Waals surface area contributed by atoms with Gasteiger partial charge >= 0.3 is 0 Å². The number of hydrogen-bond donors (Lipinski definition) is 1. The Balaban J connectivity index is 1.73. The first-order valence-corrected chi connectivity index (χ1v) is 9.94. The van der Waals surface area contributed by atoms with E-state index in [1.807, 2.05) is 32.8 Å². The molecule has 136 valence electrons. The van der Waals surface area contributed by atoms with Crippen LogP contribution in [0.4, 0.5) is 10.8 Å². The molecule has 0 aliphatic carbocycles. The minimum absolute atomic E-state index is 0.0471. The van der Waals surface area contributed by atoms with Crippen molar-refractivity contribution in [3.63, 3.8) is 0 Å². The number of nitrogens with zero attached hydrogens (tertiary/aromatic N) is 4. The van der Waals surface area contributed by atoms with Gasteiger partial charge in [-0.05, 0) is 31.9 Å². The topological polar surface area (TPSA) is 71.0 Å². The predicted molar refractivity (Wildman–Crippen MR) is 110 cm³/mol. The number of rotatable bonds is 5. The number of aromatic nitrogens is 3. The molecule has 1 aromatic carbocycles.